The summed E-state index contributed by atoms with van der Waals surface area (Å²) in [4.78, 5) is 18.6. The molecular formula is C21H23N5O3S. The third kappa shape index (κ3) is 3.93. The van der Waals surface area contributed by atoms with Crippen molar-refractivity contribution in [3.8, 4) is 0 Å². The Hall–Kier alpha value is -3.20. The molecule has 2 aromatic heterocycles. The van der Waals surface area contributed by atoms with E-state index in [4.69, 9.17) is 0 Å². The van der Waals surface area contributed by atoms with E-state index >= 15 is 0 Å². The van der Waals surface area contributed by atoms with Gasteiger partial charge in [-0.1, -0.05) is 12.1 Å². The number of carbonyl (C=O) groups is 1. The number of pyridine rings is 1. The molecule has 0 saturated carbocycles. The van der Waals surface area contributed by atoms with E-state index in [-0.39, 0.29) is 21.9 Å². The van der Waals surface area contributed by atoms with Gasteiger partial charge in [0.2, 0.25) is 9.84 Å². The Kier molecular flexibility index (Phi) is 5.29. The molecule has 9 heteroatoms. The molecule has 1 N–H and O–H groups in total. The van der Waals surface area contributed by atoms with Gasteiger partial charge in [-0.25, -0.2) is 13.2 Å². The Morgan fingerprint density at radius 2 is 1.80 bits per heavy atom. The summed E-state index contributed by atoms with van der Waals surface area (Å²) >= 11 is 0. The molecule has 0 saturated heterocycles. The van der Waals surface area contributed by atoms with Gasteiger partial charge in [-0.05, 0) is 48.7 Å². The lowest BCUT2D eigenvalue weighted by molar-refractivity contribution is 0.198. The van der Waals surface area contributed by atoms with Crippen LogP contribution < -0.4 is 5.32 Å². The van der Waals surface area contributed by atoms with Gasteiger partial charge >= 0.3 is 6.03 Å². The number of fused-ring (bicyclic) bond motifs is 1. The molecule has 1 aliphatic rings. The van der Waals surface area contributed by atoms with Crippen LogP contribution in [-0.4, -0.2) is 34.1 Å². The minimum Gasteiger partial charge on any atom is -0.334 e. The second-order valence-corrected chi connectivity index (χ2v) is 9.51. The quantitative estimate of drug-likeness (QED) is 0.678. The highest BCUT2D eigenvalue weighted by molar-refractivity contribution is 7.91. The van der Waals surface area contributed by atoms with Gasteiger partial charge in [0.1, 0.15) is 4.90 Å². The van der Waals surface area contributed by atoms with E-state index in [0.717, 1.165) is 16.7 Å². The number of benzene rings is 1. The number of nitrogens with one attached hydrogen (secondary N) is 1. The molecule has 1 aliphatic heterocycles. The molecule has 0 aliphatic carbocycles. The number of amides is 2. The highest BCUT2D eigenvalue weighted by atomic mass is 32.2. The lowest BCUT2D eigenvalue weighted by Gasteiger charge is -2.16. The maximum atomic E-state index is 12.8. The topological polar surface area (TPSA) is 97.2 Å². The largest absolute Gasteiger partial charge is 0.334 e. The fourth-order valence-electron chi connectivity index (χ4n) is 3.32. The van der Waals surface area contributed by atoms with E-state index < -0.39 is 9.84 Å². The summed E-state index contributed by atoms with van der Waals surface area (Å²) in [6, 6.07) is 8.38. The second-order valence-electron chi connectivity index (χ2n) is 7.56. The lowest BCUT2D eigenvalue weighted by Crippen LogP contribution is -2.35. The van der Waals surface area contributed by atoms with E-state index in [1.165, 1.54) is 12.4 Å². The predicted molar refractivity (Wildman–Crippen MR) is 110 cm³/mol. The van der Waals surface area contributed by atoms with Gasteiger partial charge in [0, 0.05) is 44.3 Å². The van der Waals surface area contributed by atoms with E-state index in [0.29, 0.717) is 19.6 Å². The summed E-state index contributed by atoms with van der Waals surface area (Å²) in [6.45, 7) is 5.28. The number of nitrogens with zero attached hydrogens (tertiary/aromatic N) is 4. The third-order valence-electron chi connectivity index (χ3n) is 5.11. The second kappa shape index (κ2) is 7.91. The van der Waals surface area contributed by atoms with Gasteiger partial charge in [0.15, 0.2) is 0 Å². The van der Waals surface area contributed by atoms with Crippen LogP contribution in [-0.2, 0) is 29.5 Å². The van der Waals surface area contributed by atoms with Crippen LogP contribution in [0.4, 0.5) is 4.79 Å². The van der Waals surface area contributed by atoms with Crippen molar-refractivity contribution in [2.24, 2.45) is 0 Å². The van der Waals surface area contributed by atoms with Crippen LogP contribution in [0.2, 0.25) is 0 Å². The van der Waals surface area contributed by atoms with E-state index in [1.54, 1.807) is 46.2 Å². The summed E-state index contributed by atoms with van der Waals surface area (Å²) < 4.78 is 27.2. The average Bonchev–Trinajstić information content (AvgIpc) is 3.40. The standard InChI is InChI=1S/C21H23N5O3S/c1-15(2)26-14-20(11-24-26)30(28,29)19-5-3-16(4-6-19)9-23-21(27)25-12-17-7-8-22-10-18(17)13-25/h3-8,10-11,14-15H,9,12-13H2,1-2H3,(H,23,27). The molecule has 4 rings (SSSR count). The van der Waals surface area contributed by atoms with Gasteiger partial charge in [0.05, 0.1) is 11.1 Å². The molecule has 0 fully saturated rings. The van der Waals surface area contributed by atoms with Crippen molar-refractivity contribution in [3.05, 3.63) is 71.8 Å². The number of aromatic nitrogens is 3. The molecule has 2 amide bonds. The first-order chi connectivity index (χ1) is 14.3. The molecule has 3 heterocycles. The van der Waals surface area contributed by atoms with Gasteiger partial charge in [-0.3, -0.25) is 9.67 Å². The minimum absolute atomic E-state index is 0.0830. The first kappa shape index (κ1) is 20.1. The zero-order chi connectivity index (χ0) is 21.3. The maximum absolute atomic E-state index is 12.8. The zero-order valence-electron chi connectivity index (χ0n) is 16.8. The maximum Gasteiger partial charge on any atom is 0.318 e. The molecule has 0 unspecified atom stereocenters. The number of rotatable bonds is 5. The molecule has 156 valence electrons. The smallest absolute Gasteiger partial charge is 0.318 e. The SMILES string of the molecule is CC(C)n1cc(S(=O)(=O)c2ccc(CNC(=O)N3Cc4ccncc4C3)cc2)cn1. The summed E-state index contributed by atoms with van der Waals surface area (Å²) in [5, 5.41) is 6.99. The fourth-order valence-corrected chi connectivity index (χ4v) is 4.52. The Morgan fingerprint density at radius 1 is 1.07 bits per heavy atom. The van der Waals surface area contributed by atoms with Crippen LogP contribution in [0.1, 0.15) is 36.6 Å². The van der Waals surface area contributed by atoms with Crippen molar-refractivity contribution in [2.75, 3.05) is 0 Å². The molecule has 1 aromatic carbocycles. The number of sulfone groups is 1. The lowest BCUT2D eigenvalue weighted by atomic mass is 10.2. The summed E-state index contributed by atoms with van der Waals surface area (Å²) in [7, 11) is -3.63. The number of hydrogen-bond acceptors (Lipinski definition) is 5. The molecule has 0 spiro atoms. The van der Waals surface area contributed by atoms with Gasteiger partial charge in [-0.15, -0.1) is 0 Å². The summed E-state index contributed by atoms with van der Waals surface area (Å²) in [5.74, 6) is 0. The van der Waals surface area contributed by atoms with Gasteiger partial charge in [-0.2, -0.15) is 5.10 Å². The van der Waals surface area contributed by atoms with Crippen LogP contribution in [0.25, 0.3) is 0 Å². The van der Waals surface area contributed by atoms with Crippen molar-refractivity contribution in [1.82, 2.24) is 25.0 Å². The average molecular weight is 426 g/mol. The van der Waals surface area contributed by atoms with Crippen molar-refractivity contribution < 1.29 is 13.2 Å². The molecule has 0 bridgehead atoms. The molecule has 8 nitrogen and oxygen atoms in total. The third-order valence-corrected chi connectivity index (χ3v) is 6.83. The first-order valence-electron chi connectivity index (χ1n) is 9.67. The van der Waals surface area contributed by atoms with Crippen molar-refractivity contribution >= 4 is 15.9 Å². The first-order valence-corrected chi connectivity index (χ1v) is 11.2. The van der Waals surface area contributed by atoms with E-state index in [1.807, 2.05) is 19.9 Å². The monoisotopic (exact) mass is 425 g/mol. The summed E-state index contributed by atoms with van der Waals surface area (Å²) in [6.07, 6.45) is 6.42. The highest BCUT2D eigenvalue weighted by Gasteiger charge is 2.23. The van der Waals surface area contributed by atoms with E-state index in [9.17, 15) is 13.2 Å². The van der Waals surface area contributed by atoms with Crippen molar-refractivity contribution in [3.63, 3.8) is 0 Å². The Bertz CT molecular complexity index is 1140. The normalized spacial score (nSPS) is 13.5. The van der Waals surface area contributed by atoms with Crippen LogP contribution in [0.3, 0.4) is 0 Å². The van der Waals surface area contributed by atoms with Crippen LogP contribution in [0, 0.1) is 0 Å². The van der Waals surface area contributed by atoms with Crippen molar-refractivity contribution in [1.29, 1.82) is 0 Å². The van der Waals surface area contributed by atoms with Crippen LogP contribution >= 0.6 is 0 Å². The van der Waals surface area contributed by atoms with Gasteiger partial charge in [0.25, 0.3) is 0 Å². The Labute approximate surface area is 175 Å². The van der Waals surface area contributed by atoms with E-state index in [2.05, 4.69) is 15.4 Å². The Morgan fingerprint density at radius 3 is 2.47 bits per heavy atom. The number of urea groups is 1. The molecule has 0 radical (unpaired) electrons. The van der Waals surface area contributed by atoms with Gasteiger partial charge < -0.3 is 10.2 Å². The molecule has 3 aromatic rings. The molecular weight excluding hydrogens is 402 g/mol. The Balaban J connectivity index is 1.38. The fraction of sp³-hybridized carbons (Fsp3) is 0.286. The molecule has 0 atom stereocenters. The number of hydrogen-bond donors (Lipinski definition) is 1. The zero-order valence-corrected chi connectivity index (χ0v) is 17.6. The summed E-state index contributed by atoms with van der Waals surface area (Å²) in [5.41, 5.74) is 2.98. The minimum atomic E-state index is -3.63. The molecule has 30 heavy (non-hydrogen) atoms. The van der Waals surface area contributed by atoms with Crippen LogP contribution in [0.5, 0.6) is 0 Å². The number of carbonyl (C=O) groups excluding carboxylic acids is 1. The van der Waals surface area contributed by atoms with Crippen molar-refractivity contribution in [2.45, 2.75) is 49.3 Å². The van der Waals surface area contributed by atoms with Crippen LogP contribution in [0.15, 0.2) is 64.9 Å². The highest BCUT2D eigenvalue weighted by Crippen LogP contribution is 2.23. The predicted octanol–water partition coefficient (Wildman–Crippen LogP) is 2.92.